The van der Waals surface area contributed by atoms with Crippen LogP contribution in [0.1, 0.15) is 16.8 Å². The molecule has 0 unspecified atom stereocenters. The van der Waals surface area contributed by atoms with Crippen molar-refractivity contribution >= 4 is 16.9 Å². The lowest BCUT2D eigenvalue weighted by Crippen LogP contribution is -2.49. The molecular formula is C27H29N5O. The average molecular weight is 440 g/mol. The third kappa shape index (κ3) is 4.52. The first-order chi connectivity index (χ1) is 16.1. The Balaban J connectivity index is 1.27. The fourth-order valence-electron chi connectivity index (χ4n) is 4.59. The van der Waals surface area contributed by atoms with E-state index in [1.54, 1.807) is 10.9 Å². The van der Waals surface area contributed by atoms with Crippen LogP contribution in [0.3, 0.4) is 0 Å². The minimum atomic E-state index is 0.0984. The van der Waals surface area contributed by atoms with Gasteiger partial charge in [-0.25, -0.2) is 9.67 Å². The van der Waals surface area contributed by atoms with Gasteiger partial charge in [-0.1, -0.05) is 60.2 Å². The molecule has 6 heteroatoms. The van der Waals surface area contributed by atoms with Crippen LogP contribution < -0.4 is 0 Å². The van der Waals surface area contributed by atoms with Gasteiger partial charge in [0.15, 0.2) is 5.65 Å². The van der Waals surface area contributed by atoms with Crippen LogP contribution in [0.25, 0.3) is 22.2 Å². The predicted octanol–water partition coefficient (Wildman–Crippen LogP) is 4.06. The van der Waals surface area contributed by atoms with E-state index in [2.05, 4.69) is 58.3 Å². The number of rotatable bonds is 5. The molecule has 0 bridgehead atoms. The average Bonchev–Trinajstić information content (AvgIpc) is 3.17. The van der Waals surface area contributed by atoms with Crippen molar-refractivity contribution in [3.63, 3.8) is 0 Å². The number of aromatic nitrogens is 3. The van der Waals surface area contributed by atoms with E-state index < -0.39 is 0 Å². The molecule has 1 aliphatic heterocycles. The Morgan fingerprint density at radius 1 is 0.909 bits per heavy atom. The Morgan fingerprint density at radius 3 is 2.36 bits per heavy atom. The number of piperazine rings is 1. The lowest BCUT2D eigenvalue weighted by Gasteiger charge is -2.34. The molecule has 33 heavy (non-hydrogen) atoms. The van der Waals surface area contributed by atoms with E-state index in [1.165, 1.54) is 11.1 Å². The number of carbonyl (C=O) groups excluding carboxylic acids is 1. The highest BCUT2D eigenvalue weighted by Crippen LogP contribution is 2.29. The van der Waals surface area contributed by atoms with Gasteiger partial charge in [0.1, 0.15) is 6.54 Å². The van der Waals surface area contributed by atoms with Gasteiger partial charge >= 0.3 is 0 Å². The van der Waals surface area contributed by atoms with E-state index in [4.69, 9.17) is 0 Å². The molecule has 2 aromatic carbocycles. The fourth-order valence-corrected chi connectivity index (χ4v) is 4.59. The Hall–Kier alpha value is -3.51. The zero-order chi connectivity index (χ0) is 22.8. The SMILES string of the molecule is Cc1ccc(CN2CCN(C(=O)Cn3nc(C)c4c(-c5ccccc5)ccnc43)CC2)cc1. The predicted molar refractivity (Wildman–Crippen MR) is 131 cm³/mol. The van der Waals surface area contributed by atoms with Gasteiger partial charge in [-0.15, -0.1) is 0 Å². The van der Waals surface area contributed by atoms with Crippen LogP contribution in [-0.2, 0) is 17.9 Å². The molecule has 1 fully saturated rings. The van der Waals surface area contributed by atoms with Crippen LogP contribution in [-0.4, -0.2) is 56.7 Å². The van der Waals surface area contributed by atoms with Crippen molar-refractivity contribution in [3.8, 4) is 11.1 Å². The summed E-state index contributed by atoms with van der Waals surface area (Å²) in [6.45, 7) is 8.49. The quantitative estimate of drug-likeness (QED) is 0.471. The first-order valence-corrected chi connectivity index (χ1v) is 11.5. The fraction of sp³-hybridized carbons (Fsp3) is 0.296. The van der Waals surface area contributed by atoms with Crippen molar-refractivity contribution in [1.29, 1.82) is 0 Å². The van der Waals surface area contributed by atoms with Gasteiger partial charge < -0.3 is 4.90 Å². The molecule has 0 spiro atoms. The van der Waals surface area contributed by atoms with Gasteiger partial charge in [0.05, 0.1) is 5.69 Å². The summed E-state index contributed by atoms with van der Waals surface area (Å²) < 4.78 is 1.76. The second-order valence-electron chi connectivity index (χ2n) is 8.81. The van der Waals surface area contributed by atoms with E-state index in [1.807, 2.05) is 36.1 Å². The summed E-state index contributed by atoms with van der Waals surface area (Å²) in [5, 5.41) is 5.70. The van der Waals surface area contributed by atoms with Gasteiger partial charge in [0.25, 0.3) is 0 Å². The molecule has 1 saturated heterocycles. The second kappa shape index (κ2) is 9.16. The van der Waals surface area contributed by atoms with Crippen molar-refractivity contribution in [3.05, 3.63) is 83.7 Å². The van der Waals surface area contributed by atoms with E-state index in [0.717, 1.165) is 60.6 Å². The number of aryl methyl sites for hydroxylation is 2. The molecule has 0 saturated carbocycles. The maximum Gasteiger partial charge on any atom is 0.244 e. The van der Waals surface area contributed by atoms with Gasteiger partial charge in [-0.2, -0.15) is 5.10 Å². The number of amides is 1. The zero-order valence-corrected chi connectivity index (χ0v) is 19.2. The molecule has 6 nitrogen and oxygen atoms in total. The first-order valence-electron chi connectivity index (χ1n) is 11.5. The molecule has 5 rings (SSSR count). The second-order valence-corrected chi connectivity index (χ2v) is 8.81. The summed E-state index contributed by atoms with van der Waals surface area (Å²) in [5.41, 5.74) is 6.48. The summed E-state index contributed by atoms with van der Waals surface area (Å²) >= 11 is 0. The minimum absolute atomic E-state index is 0.0984. The van der Waals surface area contributed by atoms with Gasteiger partial charge in [0.2, 0.25) is 5.91 Å². The van der Waals surface area contributed by atoms with Gasteiger partial charge in [-0.05, 0) is 36.6 Å². The van der Waals surface area contributed by atoms with E-state index in [0.29, 0.717) is 0 Å². The third-order valence-electron chi connectivity index (χ3n) is 6.43. The molecule has 168 valence electrons. The van der Waals surface area contributed by atoms with Crippen LogP contribution in [0.5, 0.6) is 0 Å². The lowest BCUT2D eigenvalue weighted by molar-refractivity contribution is -0.133. The highest BCUT2D eigenvalue weighted by Gasteiger charge is 2.23. The number of carbonyl (C=O) groups is 1. The van der Waals surface area contributed by atoms with Crippen LogP contribution in [0.2, 0.25) is 0 Å². The number of hydrogen-bond acceptors (Lipinski definition) is 4. The smallest absolute Gasteiger partial charge is 0.244 e. The van der Waals surface area contributed by atoms with E-state index >= 15 is 0 Å². The maximum atomic E-state index is 13.1. The summed E-state index contributed by atoms with van der Waals surface area (Å²) in [7, 11) is 0. The number of pyridine rings is 1. The Morgan fingerprint density at radius 2 is 1.64 bits per heavy atom. The van der Waals surface area contributed by atoms with Crippen molar-refractivity contribution in [1.82, 2.24) is 24.6 Å². The van der Waals surface area contributed by atoms with E-state index in [-0.39, 0.29) is 12.5 Å². The zero-order valence-electron chi connectivity index (χ0n) is 19.2. The molecule has 0 radical (unpaired) electrons. The summed E-state index contributed by atoms with van der Waals surface area (Å²) in [6, 6.07) is 21.0. The third-order valence-corrected chi connectivity index (χ3v) is 6.43. The molecule has 0 aliphatic carbocycles. The monoisotopic (exact) mass is 439 g/mol. The molecular weight excluding hydrogens is 410 g/mol. The summed E-state index contributed by atoms with van der Waals surface area (Å²) in [6.07, 6.45) is 1.80. The molecule has 0 atom stereocenters. The molecule has 3 heterocycles. The largest absolute Gasteiger partial charge is 0.339 e. The van der Waals surface area contributed by atoms with Crippen LogP contribution in [0.15, 0.2) is 66.9 Å². The maximum absolute atomic E-state index is 13.1. The number of benzene rings is 2. The van der Waals surface area contributed by atoms with Crippen molar-refractivity contribution < 1.29 is 4.79 Å². The van der Waals surface area contributed by atoms with Crippen LogP contribution in [0, 0.1) is 13.8 Å². The van der Waals surface area contributed by atoms with Gasteiger partial charge in [0, 0.05) is 44.3 Å². The highest BCUT2D eigenvalue weighted by atomic mass is 16.2. The molecule has 1 amide bonds. The minimum Gasteiger partial charge on any atom is -0.339 e. The Kier molecular flexibility index (Phi) is 5.92. The molecule has 0 N–H and O–H groups in total. The van der Waals surface area contributed by atoms with Crippen LogP contribution >= 0.6 is 0 Å². The van der Waals surface area contributed by atoms with Crippen molar-refractivity contribution in [2.75, 3.05) is 26.2 Å². The first kappa shape index (κ1) is 21.3. The number of nitrogens with zero attached hydrogens (tertiary/aromatic N) is 5. The number of hydrogen-bond donors (Lipinski definition) is 0. The highest BCUT2D eigenvalue weighted by molar-refractivity contribution is 5.95. The van der Waals surface area contributed by atoms with Crippen molar-refractivity contribution in [2.24, 2.45) is 0 Å². The molecule has 2 aromatic heterocycles. The molecule has 1 aliphatic rings. The standard InChI is InChI=1S/C27H29N5O/c1-20-8-10-22(11-9-20)18-30-14-16-31(17-15-30)25(33)19-32-27-26(21(2)29-32)24(12-13-28-27)23-6-4-3-5-7-23/h3-13H,14-19H2,1-2H3. The van der Waals surface area contributed by atoms with Gasteiger partial charge in [-0.3, -0.25) is 9.69 Å². The van der Waals surface area contributed by atoms with Crippen LogP contribution in [0.4, 0.5) is 0 Å². The number of fused-ring (bicyclic) bond motifs is 1. The normalized spacial score (nSPS) is 14.7. The van der Waals surface area contributed by atoms with Crippen molar-refractivity contribution in [2.45, 2.75) is 26.9 Å². The lowest BCUT2D eigenvalue weighted by atomic mass is 10.0. The van der Waals surface area contributed by atoms with E-state index in [9.17, 15) is 4.79 Å². The Labute approximate surface area is 194 Å². The Bertz CT molecular complexity index is 1260. The molecule has 4 aromatic rings. The summed E-state index contributed by atoms with van der Waals surface area (Å²) in [5.74, 6) is 0.0984. The topological polar surface area (TPSA) is 54.3 Å². The summed E-state index contributed by atoms with van der Waals surface area (Å²) in [4.78, 5) is 22.0.